The number of nitrogens with one attached hydrogen (secondary N) is 2. The topological polar surface area (TPSA) is 84.2 Å². The van der Waals surface area contributed by atoms with Crippen molar-refractivity contribution in [3.63, 3.8) is 0 Å². The number of furan rings is 1. The molecule has 23 heavy (non-hydrogen) atoms. The van der Waals surface area contributed by atoms with Gasteiger partial charge < -0.3 is 15.1 Å². The lowest BCUT2D eigenvalue weighted by Crippen LogP contribution is -2.18. The first-order valence-corrected chi connectivity index (χ1v) is 6.89. The van der Waals surface area contributed by atoms with Crippen molar-refractivity contribution in [2.45, 2.75) is 0 Å². The van der Waals surface area contributed by atoms with Gasteiger partial charge in [-0.25, -0.2) is 0 Å². The van der Waals surface area contributed by atoms with E-state index in [-0.39, 0.29) is 11.7 Å². The molecule has 0 radical (unpaired) electrons. The number of benzene rings is 1. The predicted octanol–water partition coefficient (Wildman–Crippen LogP) is 3.18. The number of aromatic nitrogens is 1. The molecule has 0 spiro atoms. The largest absolute Gasteiger partial charge is 0.459 e. The Kier molecular flexibility index (Phi) is 4.15. The first kappa shape index (κ1) is 14.5. The number of hydrogen-bond acceptors (Lipinski definition) is 4. The Bertz CT molecular complexity index is 814. The minimum atomic E-state index is -0.420. The van der Waals surface area contributed by atoms with Crippen LogP contribution in [0.1, 0.15) is 20.9 Å². The fourth-order valence-corrected chi connectivity index (χ4v) is 2.02. The summed E-state index contributed by atoms with van der Waals surface area (Å²) in [5, 5.41) is 5.40. The third-order valence-corrected chi connectivity index (χ3v) is 3.08. The van der Waals surface area contributed by atoms with Crippen LogP contribution in [0.3, 0.4) is 0 Å². The lowest BCUT2D eigenvalue weighted by atomic mass is 10.1. The molecule has 2 heterocycles. The molecule has 0 unspecified atom stereocenters. The van der Waals surface area contributed by atoms with Gasteiger partial charge in [-0.1, -0.05) is 12.1 Å². The second-order valence-electron chi connectivity index (χ2n) is 4.67. The smallest absolute Gasteiger partial charge is 0.291 e. The van der Waals surface area contributed by atoms with Crippen molar-refractivity contribution in [1.82, 2.24) is 4.98 Å². The Balaban J connectivity index is 1.80. The highest BCUT2D eigenvalue weighted by atomic mass is 16.3. The van der Waals surface area contributed by atoms with Crippen molar-refractivity contribution in [2.75, 3.05) is 10.6 Å². The van der Waals surface area contributed by atoms with Crippen LogP contribution in [0.2, 0.25) is 0 Å². The van der Waals surface area contributed by atoms with Gasteiger partial charge in [0.05, 0.1) is 29.4 Å². The highest BCUT2D eigenvalue weighted by Gasteiger charge is 2.15. The lowest BCUT2D eigenvalue weighted by molar-refractivity contribution is 0.0996. The van der Waals surface area contributed by atoms with E-state index < -0.39 is 5.91 Å². The second-order valence-corrected chi connectivity index (χ2v) is 4.67. The second kappa shape index (κ2) is 6.57. The van der Waals surface area contributed by atoms with Gasteiger partial charge in [0.2, 0.25) is 0 Å². The average molecular weight is 307 g/mol. The number of anilines is 2. The Morgan fingerprint density at radius 1 is 0.913 bits per heavy atom. The first-order chi connectivity index (χ1) is 11.2. The van der Waals surface area contributed by atoms with E-state index in [4.69, 9.17) is 4.42 Å². The number of para-hydroxylation sites is 1. The Hall–Kier alpha value is -3.41. The number of rotatable bonds is 4. The lowest BCUT2D eigenvalue weighted by Gasteiger charge is -2.10. The van der Waals surface area contributed by atoms with Crippen LogP contribution in [0.4, 0.5) is 11.4 Å². The summed E-state index contributed by atoms with van der Waals surface area (Å²) < 4.78 is 5.04. The van der Waals surface area contributed by atoms with Gasteiger partial charge in [-0.15, -0.1) is 0 Å². The standard InChI is InChI=1S/C17H13N3O3/c21-16(19-12-5-3-9-18-11-12)13-6-1-2-7-14(13)20-17(22)15-8-4-10-23-15/h1-11H,(H,19,21)(H,20,22). The molecule has 6 heteroatoms. The normalized spacial score (nSPS) is 10.1. The molecular weight excluding hydrogens is 294 g/mol. The SMILES string of the molecule is O=C(Nc1ccccc1C(=O)Nc1cccnc1)c1ccco1. The minimum absolute atomic E-state index is 0.174. The third-order valence-electron chi connectivity index (χ3n) is 3.08. The van der Waals surface area contributed by atoms with Crippen molar-refractivity contribution in [3.8, 4) is 0 Å². The van der Waals surface area contributed by atoms with Crippen molar-refractivity contribution in [3.05, 3.63) is 78.5 Å². The summed E-state index contributed by atoms with van der Waals surface area (Å²) in [7, 11) is 0. The van der Waals surface area contributed by atoms with Crippen molar-refractivity contribution < 1.29 is 14.0 Å². The van der Waals surface area contributed by atoms with Crippen molar-refractivity contribution in [2.24, 2.45) is 0 Å². The molecule has 0 aliphatic heterocycles. The van der Waals surface area contributed by atoms with Crippen LogP contribution in [-0.2, 0) is 0 Å². The summed E-state index contributed by atoms with van der Waals surface area (Å²) in [6, 6.07) is 13.4. The van der Waals surface area contributed by atoms with Gasteiger partial charge in [0, 0.05) is 6.20 Å². The van der Waals surface area contributed by atoms with Gasteiger partial charge in [0.15, 0.2) is 5.76 Å². The van der Waals surface area contributed by atoms with E-state index >= 15 is 0 Å². The minimum Gasteiger partial charge on any atom is -0.459 e. The zero-order valence-electron chi connectivity index (χ0n) is 12.0. The molecule has 0 saturated heterocycles. The van der Waals surface area contributed by atoms with Crippen molar-refractivity contribution in [1.29, 1.82) is 0 Å². The van der Waals surface area contributed by atoms with Gasteiger partial charge in [0.1, 0.15) is 0 Å². The molecule has 0 atom stereocenters. The number of pyridine rings is 1. The van der Waals surface area contributed by atoms with E-state index in [1.165, 1.54) is 6.26 Å². The summed E-state index contributed by atoms with van der Waals surface area (Å²) in [4.78, 5) is 28.4. The van der Waals surface area contributed by atoms with Gasteiger partial charge in [-0.2, -0.15) is 0 Å². The van der Waals surface area contributed by atoms with E-state index in [1.54, 1.807) is 60.9 Å². The van der Waals surface area contributed by atoms with E-state index in [0.29, 0.717) is 16.9 Å². The number of carbonyl (C=O) groups excluding carboxylic acids is 2. The first-order valence-electron chi connectivity index (χ1n) is 6.89. The summed E-state index contributed by atoms with van der Waals surface area (Å²) in [6.45, 7) is 0. The van der Waals surface area contributed by atoms with E-state index in [1.807, 2.05) is 0 Å². The summed E-state index contributed by atoms with van der Waals surface area (Å²) in [5.41, 5.74) is 1.32. The van der Waals surface area contributed by atoms with E-state index in [2.05, 4.69) is 15.6 Å². The van der Waals surface area contributed by atoms with Crippen LogP contribution < -0.4 is 10.6 Å². The van der Waals surface area contributed by atoms with Crippen LogP contribution >= 0.6 is 0 Å². The number of hydrogen-bond donors (Lipinski definition) is 2. The molecule has 0 saturated carbocycles. The van der Waals surface area contributed by atoms with Gasteiger partial charge in [0.25, 0.3) is 11.8 Å². The zero-order chi connectivity index (χ0) is 16.1. The summed E-state index contributed by atoms with van der Waals surface area (Å²) in [5.74, 6) is -0.586. The van der Waals surface area contributed by atoms with E-state index in [0.717, 1.165) is 0 Å². The zero-order valence-corrected chi connectivity index (χ0v) is 12.0. The molecule has 3 aromatic rings. The molecule has 0 fully saturated rings. The molecule has 114 valence electrons. The van der Waals surface area contributed by atoms with Gasteiger partial charge in [-0.05, 0) is 36.4 Å². The number of nitrogens with zero attached hydrogens (tertiary/aromatic N) is 1. The fourth-order valence-electron chi connectivity index (χ4n) is 2.02. The highest BCUT2D eigenvalue weighted by molar-refractivity contribution is 6.11. The Morgan fingerprint density at radius 3 is 2.52 bits per heavy atom. The van der Waals surface area contributed by atoms with Crippen LogP contribution in [0.25, 0.3) is 0 Å². The highest BCUT2D eigenvalue weighted by Crippen LogP contribution is 2.18. The van der Waals surface area contributed by atoms with Crippen LogP contribution in [-0.4, -0.2) is 16.8 Å². The van der Waals surface area contributed by atoms with Gasteiger partial charge in [-0.3, -0.25) is 14.6 Å². The van der Waals surface area contributed by atoms with Crippen LogP contribution in [0.15, 0.2) is 71.6 Å². The summed E-state index contributed by atoms with van der Waals surface area (Å²) in [6.07, 6.45) is 4.57. The number of carbonyl (C=O) groups is 2. The molecule has 2 amide bonds. The molecule has 2 N–H and O–H groups in total. The monoisotopic (exact) mass is 307 g/mol. The molecule has 2 aromatic heterocycles. The van der Waals surface area contributed by atoms with Crippen molar-refractivity contribution >= 4 is 23.2 Å². The van der Waals surface area contributed by atoms with Crippen LogP contribution in [0, 0.1) is 0 Å². The van der Waals surface area contributed by atoms with Crippen LogP contribution in [0.5, 0.6) is 0 Å². The molecule has 0 aliphatic rings. The van der Waals surface area contributed by atoms with E-state index in [9.17, 15) is 9.59 Å². The number of amides is 2. The predicted molar refractivity (Wildman–Crippen MR) is 85.3 cm³/mol. The fraction of sp³-hybridized carbons (Fsp3) is 0. The Labute approximate surface area is 132 Å². The maximum absolute atomic E-state index is 12.4. The molecule has 3 rings (SSSR count). The molecular formula is C17H13N3O3. The maximum atomic E-state index is 12.4. The maximum Gasteiger partial charge on any atom is 0.291 e. The molecule has 0 aliphatic carbocycles. The molecule has 0 bridgehead atoms. The summed E-state index contributed by atoms with van der Waals surface area (Å²) >= 11 is 0. The average Bonchev–Trinajstić information content (AvgIpc) is 3.11. The molecule has 6 nitrogen and oxygen atoms in total. The third kappa shape index (κ3) is 3.44. The quantitative estimate of drug-likeness (QED) is 0.775. The van der Waals surface area contributed by atoms with Gasteiger partial charge >= 0.3 is 0 Å². The molecule has 1 aromatic carbocycles. The Morgan fingerprint density at radius 2 is 1.78 bits per heavy atom.